The highest BCUT2D eigenvalue weighted by atomic mass is 32.2. The Kier molecular flexibility index (Phi) is 7.46. The Labute approximate surface area is 158 Å². The molecule has 0 unspecified atom stereocenters. The van der Waals surface area contributed by atoms with Crippen LogP contribution in [0.5, 0.6) is 0 Å². The first-order valence-electron chi connectivity index (χ1n) is 9.02. The highest BCUT2D eigenvalue weighted by Gasteiger charge is 2.23. The van der Waals surface area contributed by atoms with Crippen molar-refractivity contribution in [3.8, 4) is 6.07 Å². The molecule has 26 heavy (non-hydrogen) atoms. The third kappa shape index (κ3) is 5.21. The monoisotopic (exact) mass is 375 g/mol. The predicted molar refractivity (Wildman–Crippen MR) is 100.0 cm³/mol. The standard InChI is InChI=1S/C19H25N3O3S/c1-4-25-19(24)16-10-14(11-20)18(21-12(16)2)26-13(3)17(23)22-15-8-6-5-7-9-15/h10,13,15H,4-9H2,1-3H3,(H,22,23)/t13-/m1/s1. The van der Waals surface area contributed by atoms with Gasteiger partial charge in [0.15, 0.2) is 0 Å². The number of rotatable bonds is 6. The number of nitrogens with zero attached hydrogens (tertiary/aromatic N) is 2. The molecule has 7 heteroatoms. The van der Waals surface area contributed by atoms with Gasteiger partial charge in [-0.1, -0.05) is 31.0 Å². The van der Waals surface area contributed by atoms with E-state index in [1.165, 1.54) is 24.2 Å². The molecule has 1 atom stereocenters. The minimum absolute atomic E-state index is 0.0419. The number of amides is 1. The van der Waals surface area contributed by atoms with Crippen molar-refractivity contribution in [2.45, 2.75) is 69.2 Å². The second-order valence-corrected chi connectivity index (χ2v) is 7.74. The fraction of sp³-hybridized carbons (Fsp3) is 0.579. The Morgan fingerprint density at radius 1 is 1.42 bits per heavy atom. The molecule has 1 aliphatic carbocycles. The number of carbonyl (C=O) groups is 2. The van der Waals surface area contributed by atoms with E-state index >= 15 is 0 Å². The third-order valence-electron chi connectivity index (χ3n) is 4.40. The zero-order chi connectivity index (χ0) is 19.1. The van der Waals surface area contributed by atoms with Crippen LogP contribution in [0.15, 0.2) is 11.1 Å². The number of pyridine rings is 1. The number of nitriles is 1. The van der Waals surface area contributed by atoms with E-state index in [0.29, 0.717) is 10.7 Å². The molecule has 0 radical (unpaired) electrons. The lowest BCUT2D eigenvalue weighted by Gasteiger charge is -2.24. The van der Waals surface area contributed by atoms with Gasteiger partial charge >= 0.3 is 5.97 Å². The zero-order valence-electron chi connectivity index (χ0n) is 15.5. The zero-order valence-corrected chi connectivity index (χ0v) is 16.3. The molecule has 0 bridgehead atoms. The van der Waals surface area contributed by atoms with Gasteiger partial charge in [-0.3, -0.25) is 4.79 Å². The molecule has 0 spiro atoms. The number of nitrogens with one attached hydrogen (secondary N) is 1. The second kappa shape index (κ2) is 9.58. The second-order valence-electron chi connectivity index (χ2n) is 6.41. The van der Waals surface area contributed by atoms with Crippen molar-refractivity contribution < 1.29 is 14.3 Å². The maximum atomic E-state index is 12.4. The summed E-state index contributed by atoms with van der Waals surface area (Å²) in [5.74, 6) is -0.534. The van der Waals surface area contributed by atoms with Gasteiger partial charge < -0.3 is 10.1 Å². The van der Waals surface area contributed by atoms with Crippen LogP contribution in [-0.4, -0.2) is 34.8 Å². The van der Waals surface area contributed by atoms with E-state index in [0.717, 1.165) is 25.7 Å². The average molecular weight is 375 g/mol. The van der Waals surface area contributed by atoms with E-state index in [1.54, 1.807) is 20.8 Å². The van der Waals surface area contributed by atoms with Crippen molar-refractivity contribution in [3.05, 3.63) is 22.9 Å². The molecule has 1 saturated carbocycles. The summed E-state index contributed by atoms with van der Waals surface area (Å²) in [6.45, 7) is 5.49. The summed E-state index contributed by atoms with van der Waals surface area (Å²) in [6.07, 6.45) is 5.59. The molecule has 140 valence electrons. The number of thioether (sulfide) groups is 1. The van der Waals surface area contributed by atoms with Crippen LogP contribution in [0.3, 0.4) is 0 Å². The molecule has 1 aromatic rings. The first-order chi connectivity index (χ1) is 12.5. The van der Waals surface area contributed by atoms with Crippen LogP contribution >= 0.6 is 11.8 Å². The summed E-state index contributed by atoms with van der Waals surface area (Å²) < 4.78 is 4.99. The Hall–Kier alpha value is -2.07. The number of hydrogen-bond donors (Lipinski definition) is 1. The molecular weight excluding hydrogens is 350 g/mol. The van der Waals surface area contributed by atoms with E-state index < -0.39 is 5.97 Å². The van der Waals surface area contributed by atoms with Gasteiger partial charge in [-0.25, -0.2) is 9.78 Å². The van der Waals surface area contributed by atoms with Gasteiger partial charge in [-0.05, 0) is 39.7 Å². The van der Waals surface area contributed by atoms with Crippen molar-refractivity contribution in [1.82, 2.24) is 10.3 Å². The summed E-state index contributed by atoms with van der Waals surface area (Å²) in [5, 5.41) is 12.6. The van der Waals surface area contributed by atoms with E-state index in [4.69, 9.17) is 4.74 Å². The van der Waals surface area contributed by atoms with Crippen LogP contribution in [0, 0.1) is 18.3 Å². The molecule has 2 rings (SSSR count). The molecule has 1 amide bonds. The maximum Gasteiger partial charge on any atom is 0.340 e. The highest BCUT2D eigenvalue weighted by molar-refractivity contribution is 8.00. The summed E-state index contributed by atoms with van der Waals surface area (Å²) >= 11 is 1.24. The number of aryl methyl sites for hydroxylation is 1. The molecular formula is C19H25N3O3S. The Balaban J connectivity index is 2.10. The third-order valence-corrected chi connectivity index (χ3v) is 5.51. The van der Waals surface area contributed by atoms with Gasteiger partial charge in [0.2, 0.25) is 5.91 Å². The summed E-state index contributed by atoms with van der Waals surface area (Å²) in [5.41, 5.74) is 1.05. The molecule has 1 fully saturated rings. The SMILES string of the molecule is CCOC(=O)c1cc(C#N)c(S[C@H](C)C(=O)NC2CCCCC2)nc1C. The van der Waals surface area contributed by atoms with Gasteiger partial charge in [0.25, 0.3) is 0 Å². The number of aromatic nitrogens is 1. The van der Waals surface area contributed by atoms with E-state index in [2.05, 4.69) is 16.4 Å². The lowest BCUT2D eigenvalue weighted by molar-refractivity contribution is -0.121. The molecule has 0 saturated heterocycles. The first kappa shape index (κ1) is 20.2. The van der Waals surface area contributed by atoms with Gasteiger partial charge in [0, 0.05) is 6.04 Å². The molecule has 1 heterocycles. The van der Waals surface area contributed by atoms with Crippen LogP contribution in [0.1, 0.15) is 67.6 Å². The van der Waals surface area contributed by atoms with Gasteiger partial charge in [-0.15, -0.1) is 0 Å². The lowest BCUT2D eigenvalue weighted by atomic mass is 9.95. The lowest BCUT2D eigenvalue weighted by Crippen LogP contribution is -2.40. The Morgan fingerprint density at radius 2 is 2.12 bits per heavy atom. The van der Waals surface area contributed by atoms with Crippen molar-refractivity contribution in [3.63, 3.8) is 0 Å². The van der Waals surface area contributed by atoms with E-state index in [1.807, 2.05) is 0 Å². The number of hydrogen-bond acceptors (Lipinski definition) is 6. The van der Waals surface area contributed by atoms with Crippen molar-refractivity contribution in [1.29, 1.82) is 5.26 Å². The fourth-order valence-electron chi connectivity index (χ4n) is 2.96. The Morgan fingerprint density at radius 3 is 2.73 bits per heavy atom. The molecule has 1 N–H and O–H groups in total. The summed E-state index contributed by atoms with van der Waals surface area (Å²) in [4.78, 5) is 28.8. The van der Waals surface area contributed by atoms with Crippen LogP contribution in [0.2, 0.25) is 0 Å². The van der Waals surface area contributed by atoms with Crippen molar-refractivity contribution in [2.24, 2.45) is 0 Å². The number of ether oxygens (including phenoxy) is 1. The molecule has 0 aliphatic heterocycles. The number of carbonyl (C=O) groups excluding carboxylic acids is 2. The van der Waals surface area contributed by atoms with E-state index in [9.17, 15) is 14.9 Å². The van der Waals surface area contributed by atoms with E-state index in [-0.39, 0.29) is 34.9 Å². The van der Waals surface area contributed by atoms with Crippen LogP contribution in [0.4, 0.5) is 0 Å². The van der Waals surface area contributed by atoms with Gasteiger partial charge in [0.1, 0.15) is 11.1 Å². The van der Waals surface area contributed by atoms with Crippen LogP contribution < -0.4 is 5.32 Å². The quantitative estimate of drug-likeness (QED) is 0.605. The molecule has 1 aromatic heterocycles. The molecule has 1 aliphatic rings. The minimum Gasteiger partial charge on any atom is -0.462 e. The van der Waals surface area contributed by atoms with Crippen molar-refractivity contribution in [2.75, 3.05) is 6.61 Å². The Bertz CT molecular complexity index is 709. The molecule has 6 nitrogen and oxygen atoms in total. The summed E-state index contributed by atoms with van der Waals surface area (Å²) in [6, 6.07) is 3.80. The first-order valence-corrected chi connectivity index (χ1v) is 9.90. The largest absolute Gasteiger partial charge is 0.462 e. The van der Waals surface area contributed by atoms with Gasteiger partial charge in [-0.2, -0.15) is 5.26 Å². The summed E-state index contributed by atoms with van der Waals surface area (Å²) in [7, 11) is 0. The number of esters is 1. The van der Waals surface area contributed by atoms with Crippen LogP contribution in [-0.2, 0) is 9.53 Å². The maximum absolute atomic E-state index is 12.4. The molecule has 0 aromatic carbocycles. The smallest absolute Gasteiger partial charge is 0.340 e. The fourth-order valence-corrected chi connectivity index (χ4v) is 3.89. The highest BCUT2D eigenvalue weighted by Crippen LogP contribution is 2.27. The van der Waals surface area contributed by atoms with Gasteiger partial charge in [0.05, 0.1) is 28.7 Å². The normalized spacial score (nSPS) is 15.8. The van der Waals surface area contributed by atoms with Crippen molar-refractivity contribution >= 4 is 23.6 Å². The average Bonchev–Trinajstić information content (AvgIpc) is 2.62. The predicted octanol–water partition coefficient (Wildman–Crippen LogP) is 3.37. The minimum atomic E-state index is -0.492. The topological polar surface area (TPSA) is 92.1 Å². The van der Waals surface area contributed by atoms with Crippen LogP contribution in [0.25, 0.3) is 0 Å².